The van der Waals surface area contributed by atoms with Gasteiger partial charge in [0.05, 0.1) is 0 Å². The van der Waals surface area contributed by atoms with Gasteiger partial charge in [-0.1, -0.05) is 30.7 Å². The van der Waals surface area contributed by atoms with Crippen molar-refractivity contribution in [3.63, 3.8) is 0 Å². The van der Waals surface area contributed by atoms with E-state index in [2.05, 4.69) is 43.1 Å². The van der Waals surface area contributed by atoms with E-state index in [1.807, 2.05) is 12.1 Å². The van der Waals surface area contributed by atoms with Crippen molar-refractivity contribution in [2.45, 2.75) is 38.8 Å². The largest absolute Gasteiger partial charge is 0.314 e. The summed E-state index contributed by atoms with van der Waals surface area (Å²) < 4.78 is 0. The second-order valence-corrected chi connectivity index (χ2v) is 6.09. The molecule has 1 atom stereocenters. The lowest BCUT2D eigenvalue weighted by molar-refractivity contribution is 0.0422. The van der Waals surface area contributed by atoms with E-state index in [0.717, 1.165) is 31.1 Å². The van der Waals surface area contributed by atoms with Crippen molar-refractivity contribution in [3.05, 3.63) is 34.9 Å². The van der Waals surface area contributed by atoms with Crippen molar-refractivity contribution in [2.24, 2.45) is 0 Å². The van der Waals surface area contributed by atoms with Crippen LogP contribution in [0.2, 0.25) is 5.02 Å². The molecule has 2 rings (SSSR count). The number of hydrogen-bond donors (Lipinski definition) is 1. The SMILES string of the molecule is CCC(c1ccc(Cl)cc1)N1CCNCC1(C)C. The van der Waals surface area contributed by atoms with Gasteiger partial charge < -0.3 is 5.32 Å². The number of halogens is 1. The molecule has 0 spiro atoms. The summed E-state index contributed by atoms with van der Waals surface area (Å²) in [7, 11) is 0. The summed E-state index contributed by atoms with van der Waals surface area (Å²) in [4.78, 5) is 2.62. The van der Waals surface area contributed by atoms with Crippen molar-refractivity contribution in [3.8, 4) is 0 Å². The van der Waals surface area contributed by atoms with E-state index >= 15 is 0 Å². The Morgan fingerprint density at radius 2 is 2.00 bits per heavy atom. The fourth-order valence-corrected chi connectivity index (χ4v) is 3.02. The van der Waals surface area contributed by atoms with Gasteiger partial charge in [-0.15, -0.1) is 0 Å². The molecule has 1 fully saturated rings. The molecule has 1 unspecified atom stereocenters. The van der Waals surface area contributed by atoms with Gasteiger partial charge in [-0.25, -0.2) is 0 Å². The van der Waals surface area contributed by atoms with Crippen LogP contribution in [-0.2, 0) is 0 Å². The molecule has 0 saturated carbocycles. The van der Waals surface area contributed by atoms with Gasteiger partial charge in [-0.2, -0.15) is 0 Å². The number of nitrogens with zero attached hydrogens (tertiary/aromatic N) is 1. The van der Waals surface area contributed by atoms with Crippen LogP contribution in [0.5, 0.6) is 0 Å². The Morgan fingerprint density at radius 1 is 1.33 bits per heavy atom. The maximum atomic E-state index is 5.98. The smallest absolute Gasteiger partial charge is 0.0406 e. The molecule has 2 nitrogen and oxygen atoms in total. The number of piperazine rings is 1. The molecule has 1 heterocycles. The van der Waals surface area contributed by atoms with Gasteiger partial charge in [-0.3, -0.25) is 4.90 Å². The molecule has 0 bridgehead atoms. The Labute approximate surface area is 115 Å². The standard InChI is InChI=1S/C15H23ClN2/c1-4-14(12-5-7-13(16)8-6-12)18-10-9-17-11-15(18,2)3/h5-8,14,17H,4,9-11H2,1-3H3. The lowest BCUT2D eigenvalue weighted by Gasteiger charge is -2.47. The Bertz CT molecular complexity index is 386. The van der Waals surface area contributed by atoms with Crippen LogP contribution in [0.15, 0.2) is 24.3 Å². The Balaban J connectivity index is 2.24. The predicted molar refractivity (Wildman–Crippen MR) is 78.1 cm³/mol. The van der Waals surface area contributed by atoms with Crippen LogP contribution in [-0.4, -0.2) is 30.1 Å². The summed E-state index contributed by atoms with van der Waals surface area (Å²) in [6.45, 7) is 10.1. The quantitative estimate of drug-likeness (QED) is 0.901. The van der Waals surface area contributed by atoms with Crippen molar-refractivity contribution in [1.29, 1.82) is 0 Å². The molecule has 0 amide bonds. The predicted octanol–water partition coefficient (Wildman–Crippen LogP) is 3.47. The maximum Gasteiger partial charge on any atom is 0.0406 e. The number of nitrogens with one attached hydrogen (secondary N) is 1. The highest BCUT2D eigenvalue weighted by Gasteiger charge is 2.34. The minimum absolute atomic E-state index is 0.207. The van der Waals surface area contributed by atoms with Gasteiger partial charge in [0.15, 0.2) is 0 Å². The molecule has 18 heavy (non-hydrogen) atoms. The summed E-state index contributed by atoms with van der Waals surface area (Å²) >= 11 is 5.98. The van der Waals surface area contributed by atoms with E-state index in [1.165, 1.54) is 5.56 Å². The fraction of sp³-hybridized carbons (Fsp3) is 0.600. The lowest BCUT2D eigenvalue weighted by Crippen LogP contribution is -2.58. The van der Waals surface area contributed by atoms with Gasteiger partial charge in [0.25, 0.3) is 0 Å². The van der Waals surface area contributed by atoms with Gasteiger partial charge in [0.2, 0.25) is 0 Å². The zero-order valence-electron chi connectivity index (χ0n) is 11.5. The minimum atomic E-state index is 0.207. The summed E-state index contributed by atoms with van der Waals surface area (Å²) in [6, 6.07) is 8.80. The summed E-state index contributed by atoms with van der Waals surface area (Å²) in [5.41, 5.74) is 1.58. The van der Waals surface area contributed by atoms with E-state index in [0.29, 0.717) is 6.04 Å². The normalized spacial score (nSPS) is 21.8. The molecule has 3 heteroatoms. The summed E-state index contributed by atoms with van der Waals surface area (Å²) in [5, 5.41) is 4.29. The van der Waals surface area contributed by atoms with E-state index in [4.69, 9.17) is 11.6 Å². The topological polar surface area (TPSA) is 15.3 Å². The molecular formula is C15H23ClN2. The molecule has 1 aliphatic heterocycles. The molecule has 1 aromatic carbocycles. The molecule has 0 aliphatic carbocycles. The minimum Gasteiger partial charge on any atom is -0.314 e. The van der Waals surface area contributed by atoms with E-state index in [-0.39, 0.29) is 5.54 Å². The lowest BCUT2D eigenvalue weighted by atomic mass is 9.93. The van der Waals surface area contributed by atoms with Crippen LogP contribution in [0.3, 0.4) is 0 Å². The zero-order valence-corrected chi connectivity index (χ0v) is 12.3. The third-order valence-corrected chi connectivity index (χ3v) is 4.13. The monoisotopic (exact) mass is 266 g/mol. The second kappa shape index (κ2) is 5.60. The summed E-state index contributed by atoms with van der Waals surface area (Å²) in [6.07, 6.45) is 1.13. The van der Waals surface area contributed by atoms with Crippen LogP contribution in [0.1, 0.15) is 38.8 Å². The highest BCUT2D eigenvalue weighted by molar-refractivity contribution is 6.30. The maximum absolute atomic E-state index is 5.98. The van der Waals surface area contributed by atoms with Crippen molar-refractivity contribution in [1.82, 2.24) is 10.2 Å². The molecule has 1 aliphatic rings. The molecule has 0 aromatic heterocycles. The van der Waals surface area contributed by atoms with Crippen molar-refractivity contribution < 1.29 is 0 Å². The van der Waals surface area contributed by atoms with E-state index < -0.39 is 0 Å². The van der Waals surface area contributed by atoms with Crippen LogP contribution in [0, 0.1) is 0 Å². The van der Waals surface area contributed by atoms with Crippen LogP contribution >= 0.6 is 11.6 Å². The first-order valence-electron chi connectivity index (χ1n) is 6.77. The first-order valence-corrected chi connectivity index (χ1v) is 7.15. The first kappa shape index (κ1) is 13.9. The van der Waals surface area contributed by atoms with E-state index in [1.54, 1.807) is 0 Å². The first-order chi connectivity index (χ1) is 8.54. The molecule has 1 saturated heterocycles. The Morgan fingerprint density at radius 3 is 2.56 bits per heavy atom. The van der Waals surface area contributed by atoms with Crippen LogP contribution < -0.4 is 5.32 Å². The number of benzene rings is 1. The van der Waals surface area contributed by atoms with Gasteiger partial charge >= 0.3 is 0 Å². The van der Waals surface area contributed by atoms with Crippen molar-refractivity contribution in [2.75, 3.05) is 19.6 Å². The zero-order chi connectivity index (χ0) is 13.2. The summed E-state index contributed by atoms with van der Waals surface area (Å²) in [5.74, 6) is 0. The highest BCUT2D eigenvalue weighted by Crippen LogP contribution is 2.32. The molecular weight excluding hydrogens is 244 g/mol. The van der Waals surface area contributed by atoms with Crippen LogP contribution in [0.4, 0.5) is 0 Å². The second-order valence-electron chi connectivity index (χ2n) is 5.66. The molecule has 100 valence electrons. The van der Waals surface area contributed by atoms with Gasteiger partial charge in [0.1, 0.15) is 0 Å². The van der Waals surface area contributed by atoms with Gasteiger partial charge in [0, 0.05) is 36.2 Å². The molecule has 1 N–H and O–H groups in total. The third-order valence-electron chi connectivity index (χ3n) is 3.88. The Hall–Kier alpha value is -0.570. The number of rotatable bonds is 3. The third kappa shape index (κ3) is 2.87. The van der Waals surface area contributed by atoms with Crippen molar-refractivity contribution >= 4 is 11.6 Å². The highest BCUT2D eigenvalue weighted by atomic mass is 35.5. The molecule has 0 radical (unpaired) electrons. The van der Waals surface area contributed by atoms with E-state index in [9.17, 15) is 0 Å². The Kier molecular flexibility index (Phi) is 4.31. The van der Waals surface area contributed by atoms with Crippen LogP contribution in [0.25, 0.3) is 0 Å². The molecule has 1 aromatic rings. The van der Waals surface area contributed by atoms with Gasteiger partial charge in [-0.05, 0) is 38.0 Å². The average molecular weight is 267 g/mol. The average Bonchev–Trinajstić information content (AvgIpc) is 2.34. The number of hydrogen-bond acceptors (Lipinski definition) is 2. The fourth-order valence-electron chi connectivity index (χ4n) is 2.90.